The summed E-state index contributed by atoms with van der Waals surface area (Å²) in [5, 5.41) is 5.67. The average molecular weight is 394 g/mol. The number of piperidine rings is 1. The maximum absolute atomic E-state index is 12.3. The second kappa shape index (κ2) is 9.09. The summed E-state index contributed by atoms with van der Waals surface area (Å²) in [5.74, 6) is 0.103. The Kier molecular flexibility index (Phi) is 6.10. The molecule has 0 spiro atoms. The molecule has 1 saturated heterocycles. The van der Waals surface area contributed by atoms with Crippen molar-refractivity contribution in [2.45, 2.75) is 44.9 Å². The molecule has 2 aliphatic heterocycles. The van der Waals surface area contributed by atoms with Gasteiger partial charge in [0.15, 0.2) is 6.10 Å². The summed E-state index contributed by atoms with van der Waals surface area (Å²) >= 11 is 0. The molecular formula is C23H28N3O3+. The Morgan fingerprint density at radius 3 is 2.55 bits per heavy atom. The number of fused-ring (bicyclic) bond motifs is 1. The zero-order valence-electron chi connectivity index (χ0n) is 16.6. The predicted octanol–water partition coefficient (Wildman–Crippen LogP) is 1.66. The summed E-state index contributed by atoms with van der Waals surface area (Å²) in [6.07, 6.45) is 3.21. The molecule has 1 fully saturated rings. The van der Waals surface area contributed by atoms with Crippen LogP contribution in [0.4, 0.5) is 5.69 Å². The number of hydrogen-bond donors (Lipinski definition) is 3. The molecule has 4 rings (SSSR count). The quantitative estimate of drug-likeness (QED) is 0.698. The lowest BCUT2D eigenvalue weighted by molar-refractivity contribution is -0.918. The van der Waals surface area contributed by atoms with Crippen LogP contribution in [0.3, 0.4) is 0 Å². The molecule has 0 aromatic heterocycles. The predicted molar refractivity (Wildman–Crippen MR) is 111 cm³/mol. The standard InChI is InChI=1S/C23H27N3O3/c27-22(14-21-23(28)25-19-6-2-3-7-20(19)29-21)24-15-17-8-10-18(11-9-17)16-26-12-4-1-5-13-26/h2-3,6-11,21H,1,4-5,12-16H2,(H,24,27)(H,25,28)/p+1/t21-/m0/s1. The maximum atomic E-state index is 12.3. The molecule has 2 aromatic carbocycles. The third kappa shape index (κ3) is 5.15. The van der Waals surface area contributed by atoms with Crippen LogP contribution in [0.5, 0.6) is 5.75 Å². The van der Waals surface area contributed by atoms with Crippen LogP contribution < -0.4 is 20.3 Å². The van der Waals surface area contributed by atoms with Gasteiger partial charge in [0.2, 0.25) is 5.91 Å². The Morgan fingerprint density at radius 1 is 1.03 bits per heavy atom. The minimum atomic E-state index is -0.806. The van der Waals surface area contributed by atoms with Gasteiger partial charge >= 0.3 is 0 Å². The van der Waals surface area contributed by atoms with Gasteiger partial charge in [-0.1, -0.05) is 36.4 Å². The van der Waals surface area contributed by atoms with Gasteiger partial charge in [-0.25, -0.2) is 0 Å². The van der Waals surface area contributed by atoms with Crippen molar-refractivity contribution in [2.24, 2.45) is 0 Å². The topological polar surface area (TPSA) is 71.9 Å². The van der Waals surface area contributed by atoms with Gasteiger partial charge in [-0.3, -0.25) is 9.59 Å². The van der Waals surface area contributed by atoms with Crippen LogP contribution in [-0.4, -0.2) is 31.0 Å². The number of quaternary nitrogens is 1. The average Bonchev–Trinajstić information content (AvgIpc) is 2.74. The lowest BCUT2D eigenvalue weighted by Gasteiger charge is -2.25. The molecule has 1 atom stereocenters. The summed E-state index contributed by atoms with van der Waals surface area (Å²) in [6.45, 7) is 4.04. The highest BCUT2D eigenvalue weighted by Gasteiger charge is 2.29. The molecular weight excluding hydrogens is 366 g/mol. The molecule has 0 radical (unpaired) electrons. The number of carbonyl (C=O) groups excluding carboxylic acids is 2. The molecule has 29 heavy (non-hydrogen) atoms. The minimum absolute atomic E-state index is 0.00340. The molecule has 0 unspecified atom stereocenters. The number of carbonyl (C=O) groups is 2. The van der Waals surface area contributed by atoms with Crippen LogP contribution in [0.2, 0.25) is 0 Å². The van der Waals surface area contributed by atoms with Crippen LogP contribution >= 0.6 is 0 Å². The lowest BCUT2D eigenvalue weighted by atomic mass is 10.1. The van der Waals surface area contributed by atoms with E-state index in [0.29, 0.717) is 18.0 Å². The van der Waals surface area contributed by atoms with E-state index in [2.05, 4.69) is 34.9 Å². The molecule has 6 nitrogen and oxygen atoms in total. The van der Waals surface area contributed by atoms with Crippen LogP contribution in [-0.2, 0) is 22.7 Å². The molecule has 2 heterocycles. The highest BCUT2D eigenvalue weighted by molar-refractivity contribution is 5.99. The SMILES string of the molecule is O=C(C[C@@H]1Oc2ccccc2NC1=O)NCc1ccc(C[NH+]2CCCCC2)cc1. The first kappa shape index (κ1) is 19.5. The van der Waals surface area contributed by atoms with Gasteiger partial charge in [0, 0.05) is 12.1 Å². The fraction of sp³-hybridized carbons (Fsp3) is 0.391. The lowest BCUT2D eigenvalue weighted by Crippen LogP contribution is -3.11. The number of ether oxygens (including phenoxy) is 1. The van der Waals surface area contributed by atoms with Gasteiger partial charge in [-0.15, -0.1) is 0 Å². The second-order valence-corrected chi connectivity index (χ2v) is 7.88. The molecule has 6 heteroatoms. The first-order chi connectivity index (χ1) is 14.2. The smallest absolute Gasteiger partial charge is 0.266 e. The Morgan fingerprint density at radius 2 is 1.76 bits per heavy atom. The van der Waals surface area contributed by atoms with E-state index in [1.165, 1.54) is 37.9 Å². The Hall–Kier alpha value is -2.86. The van der Waals surface area contributed by atoms with Gasteiger partial charge in [-0.2, -0.15) is 0 Å². The van der Waals surface area contributed by atoms with Crippen molar-refractivity contribution >= 4 is 17.5 Å². The van der Waals surface area contributed by atoms with Crippen LogP contribution in [0, 0.1) is 0 Å². The molecule has 3 N–H and O–H groups in total. The number of hydrogen-bond acceptors (Lipinski definition) is 3. The molecule has 152 valence electrons. The van der Waals surface area contributed by atoms with Crippen molar-refractivity contribution < 1.29 is 19.2 Å². The van der Waals surface area contributed by atoms with E-state index in [0.717, 1.165) is 12.1 Å². The monoisotopic (exact) mass is 394 g/mol. The number of likely N-dealkylation sites (tertiary alicyclic amines) is 1. The maximum Gasteiger partial charge on any atom is 0.266 e. The zero-order valence-corrected chi connectivity index (χ0v) is 16.6. The highest BCUT2D eigenvalue weighted by atomic mass is 16.5. The first-order valence-corrected chi connectivity index (χ1v) is 10.4. The summed E-state index contributed by atoms with van der Waals surface area (Å²) in [5.41, 5.74) is 3.03. The molecule has 2 aliphatic rings. The Balaban J connectivity index is 1.25. The molecule has 2 aromatic rings. The number of para-hydroxylation sites is 2. The number of rotatable bonds is 6. The van der Waals surface area contributed by atoms with Gasteiger partial charge in [-0.05, 0) is 37.0 Å². The van der Waals surface area contributed by atoms with Gasteiger partial charge in [0.05, 0.1) is 25.2 Å². The normalized spacial score (nSPS) is 19.0. The van der Waals surface area contributed by atoms with Crippen LogP contribution in [0.1, 0.15) is 36.8 Å². The number of amides is 2. The van der Waals surface area contributed by atoms with Gasteiger partial charge in [0.1, 0.15) is 12.3 Å². The van der Waals surface area contributed by atoms with Crippen molar-refractivity contribution in [2.75, 3.05) is 18.4 Å². The molecule has 0 aliphatic carbocycles. The second-order valence-electron chi connectivity index (χ2n) is 7.88. The van der Waals surface area contributed by atoms with E-state index < -0.39 is 6.10 Å². The summed E-state index contributed by atoms with van der Waals surface area (Å²) < 4.78 is 5.68. The van der Waals surface area contributed by atoms with Crippen molar-refractivity contribution in [1.29, 1.82) is 0 Å². The first-order valence-electron chi connectivity index (χ1n) is 10.4. The fourth-order valence-corrected chi connectivity index (χ4v) is 3.96. The van der Waals surface area contributed by atoms with E-state index in [1.54, 1.807) is 17.0 Å². The summed E-state index contributed by atoms with van der Waals surface area (Å²) in [6, 6.07) is 15.7. The van der Waals surface area contributed by atoms with Gasteiger partial charge < -0.3 is 20.3 Å². The van der Waals surface area contributed by atoms with Crippen molar-refractivity contribution in [3.63, 3.8) is 0 Å². The van der Waals surface area contributed by atoms with Crippen LogP contribution in [0.15, 0.2) is 48.5 Å². The van der Waals surface area contributed by atoms with Crippen molar-refractivity contribution in [1.82, 2.24) is 5.32 Å². The van der Waals surface area contributed by atoms with Crippen molar-refractivity contribution in [3.8, 4) is 5.75 Å². The van der Waals surface area contributed by atoms with E-state index in [4.69, 9.17) is 4.74 Å². The van der Waals surface area contributed by atoms with E-state index in [1.807, 2.05) is 12.1 Å². The fourth-order valence-electron chi connectivity index (χ4n) is 3.96. The molecule has 0 saturated carbocycles. The number of nitrogens with one attached hydrogen (secondary N) is 3. The van der Waals surface area contributed by atoms with Gasteiger partial charge in [0.25, 0.3) is 5.91 Å². The zero-order chi connectivity index (χ0) is 20.1. The van der Waals surface area contributed by atoms with Crippen LogP contribution in [0.25, 0.3) is 0 Å². The number of anilines is 1. The molecule has 2 amide bonds. The molecule has 0 bridgehead atoms. The Labute approximate surface area is 171 Å². The minimum Gasteiger partial charge on any atom is -0.478 e. The van der Waals surface area contributed by atoms with Crippen molar-refractivity contribution in [3.05, 3.63) is 59.7 Å². The Bertz CT molecular complexity index is 860. The number of benzene rings is 2. The largest absolute Gasteiger partial charge is 0.478 e. The third-order valence-corrected chi connectivity index (χ3v) is 5.60. The summed E-state index contributed by atoms with van der Waals surface area (Å²) in [4.78, 5) is 26.1. The third-order valence-electron chi connectivity index (χ3n) is 5.60. The van der Waals surface area contributed by atoms with E-state index in [-0.39, 0.29) is 18.2 Å². The van der Waals surface area contributed by atoms with E-state index >= 15 is 0 Å². The van der Waals surface area contributed by atoms with E-state index in [9.17, 15) is 9.59 Å². The summed E-state index contributed by atoms with van der Waals surface area (Å²) in [7, 11) is 0. The highest BCUT2D eigenvalue weighted by Crippen LogP contribution is 2.29.